The second-order valence-electron chi connectivity index (χ2n) is 8.78. The van der Waals surface area contributed by atoms with Crippen molar-refractivity contribution in [2.75, 3.05) is 0 Å². The maximum absolute atomic E-state index is 12.1. The van der Waals surface area contributed by atoms with Crippen molar-refractivity contribution in [1.29, 1.82) is 0 Å². The van der Waals surface area contributed by atoms with E-state index in [0.29, 0.717) is 24.7 Å². The van der Waals surface area contributed by atoms with Gasteiger partial charge in [-0.25, -0.2) is 10.9 Å². The standard InChI is InChI=1S/C32H30N4O4/c37-31(35-33-21-27-13-7-15-29(19-27)39-23-25-9-3-1-4-10-25)17-18-32(38)36-34-22-28-14-8-16-30(20-28)40-24-26-11-5-2-6-12-26/h1-16,19-22H,17-18,23-24H2,(H,35,37)(H,36,38)/b33-21-,34-22-. The molecular formula is C32H30N4O4. The minimum absolute atomic E-state index is 0.0261. The van der Waals surface area contributed by atoms with Crippen molar-refractivity contribution >= 4 is 24.2 Å². The van der Waals surface area contributed by atoms with Gasteiger partial charge in [0.1, 0.15) is 24.7 Å². The summed E-state index contributed by atoms with van der Waals surface area (Å²) < 4.78 is 11.6. The Hall–Kier alpha value is -5.24. The molecule has 0 atom stereocenters. The molecule has 0 aromatic heterocycles. The van der Waals surface area contributed by atoms with Crippen LogP contribution in [0.2, 0.25) is 0 Å². The lowest BCUT2D eigenvalue weighted by molar-refractivity contribution is -0.126. The molecule has 0 radical (unpaired) electrons. The third kappa shape index (κ3) is 9.90. The number of nitrogens with one attached hydrogen (secondary N) is 2. The van der Waals surface area contributed by atoms with Crippen LogP contribution in [0.3, 0.4) is 0 Å². The first kappa shape index (κ1) is 27.8. The van der Waals surface area contributed by atoms with E-state index in [9.17, 15) is 9.59 Å². The summed E-state index contributed by atoms with van der Waals surface area (Å²) in [4.78, 5) is 24.2. The smallest absolute Gasteiger partial charge is 0.240 e. The average Bonchev–Trinajstić information content (AvgIpc) is 2.99. The number of nitrogens with zero attached hydrogens (tertiary/aromatic N) is 2. The summed E-state index contributed by atoms with van der Waals surface area (Å²) in [6.45, 7) is 0.916. The molecule has 8 heteroatoms. The highest BCUT2D eigenvalue weighted by Gasteiger charge is 2.05. The van der Waals surface area contributed by atoms with Crippen molar-refractivity contribution in [1.82, 2.24) is 10.9 Å². The van der Waals surface area contributed by atoms with Gasteiger partial charge in [-0.2, -0.15) is 10.2 Å². The Labute approximate surface area is 233 Å². The molecule has 0 aliphatic rings. The number of hydrogen-bond acceptors (Lipinski definition) is 6. The lowest BCUT2D eigenvalue weighted by atomic mass is 10.2. The number of amides is 2. The summed E-state index contributed by atoms with van der Waals surface area (Å²) in [5.74, 6) is 0.635. The first-order chi connectivity index (χ1) is 19.6. The lowest BCUT2D eigenvalue weighted by Crippen LogP contribution is -2.22. The quantitative estimate of drug-likeness (QED) is 0.181. The van der Waals surface area contributed by atoms with Crippen molar-refractivity contribution in [3.63, 3.8) is 0 Å². The lowest BCUT2D eigenvalue weighted by Gasteiger charge is -2.07. The number of hydrazone groups is 2. The predicted molar refractivity (Wildman–Crippen MR) is 155 cm³/mol. The summed E-state index contributed by atoms with van der Waals surface area (Å²) in [5.41, 5.74) is 8.55. The number of rotatable bonds is 13. The van der Waals surface area contributed by atoms with Gasteiger partial charge in [0, 0.05) is 12.8 Å². The molecule has 0 aliphatic carbocycles. The Kier molecular flexibility index (Phi) is 10.6. The molecule has 0 bridgehead atoms. The highest BCUT2D eigenvalue weighted by molar-refractivity contribution is 5.86. The van der Waals surface area contributed by atoms with Gasteiger partial charge in [0.15, 0.2) is 0 Å². The van der Waals surface area contributed by atoms with Gasteiger partial charge < -0.3 is 9.47 Å². The largest absolute Gasteiger partial charge is 0.489 e. The summed E-state index contributed by atoms with van der Waals surface area (Å²) in [5, 5.41) is 7.94. The second kappa shape index (κ2) is 15.2. The Bertz CT molecular complexity index is 1330. The van der Waals surface area contributed by atoms with Crippen molar-refractivity contribution in [2.24, 2.45) is 10.2 Å². The van der Waals surface area contributed by atoms with Crippen LogP contribution in [0.4, 0.5) is 0 Å². The molecule has 0 fully saturated rings. The van der Waals surface area contributed by atoms with E-state index in [1.54, 1.807) is 0 Å². The second-order valence-corrected chi connectivity index (χ2v) is 8.78. The van der Waals surface area contributed by atoms with Gasteiger partial charge in [-0.1, -0.05) is 84.9 Å². The van der Waals surface area contributed by atoms with Crippen LogP contribution in [0.15, 0.2) is 119 Å². The van der Waals surface area contributed by atoms with Crippen LogP contribution in [0.25, 0.3) is 0 Å². The van der Waals surface area contributed by atoms with E-state index in [2.05, 4.69) is 21.1 Å². The van der Waals surface area contributed by atoms with Gasteiger partial charge in [-0.3, -0.25) is 9.59 Å². The zero-order valence-electron chi connectivity index (χ0n) is 21.9. The van der Waals surface area contributed by atoms with E-state index in [1.165, 1.54) is 12.4 Å². The van der Waals surface area contributed by atoms with Crippen molar-refractivity contribution in [3.8, 4) is 11.5 Å². The highest BCUT2D eigenvalue weighted by Crippen LogP contribution is 2.15. The highest BCUT2D eigenvalue weighted by atomic mass is 16.5. The summed E-state index contributed by atoms with van der Waals surface area (Å²) >= 11 is 0. The molecule has 2 N–H and O–H groups in total. The molecule has 40 heavy (non-hydrogen) atoms. The molecule has 8 nitrogen and oxygen atoms in total. The third-order valence-corrected chi connectivity index (χ3v) is 5.60. The summed E-state index contributed by atoms with van der Waals surface area (Å²) in [6.07, 6.45) is 2.99. The maximum Gasteiger partial charge on any atom is 0.240 e. The van der Waals surface area contributed by atoms with Gasteiger partial charge in [0.2, 0.25) is 11.8 Å². The number of ether oxygens (including phenoxy) is 2. The minimum atomic E-state index is -0.380. The monoisotopic (exact) mass is 534 g/mol. The summed E-state index contributed by atoms with van der Waals surface area (Å²) in [7, 11) is 0. The number of benzene rings is 4. The third-order valence-electron chi connectivity index (χ3n) is 5.60. The van der Waals surface area contributed by atoms with Gasteiger partial charge in [-0.05, 0) is 46.5 Å². The molecular weight excluding hydrogens is 504 g/mol. The topological polar surface area (TPSA) is 101 Å². The van der Waals surface area contributed by atoms with Gasteiger partial charge in [0.25, 0.3) is 0 Å². The van der Waals surface area contributed by atoms with Crippen LogP contribution in [0, 0.1) is 0 Å². The summed E-state index contributed by atoms with van der Waals surface area (Å²) in [6, 6.07) is 34.5. The fourth-order valence-electron chi connectivity index (χ4n) is 3.55. The van der Waals surface area contributed by atoms with Crippen LogP contribution in [-0.4, -0.2) is 24.2 Å². The molecule has 0 aliphatic heterocycles. The molecule has 0 saturated carbocycles. The maximum atomic E-state index is 12.1. The molecule has 202 valence electrons. The molecule has 4 aromatic carbocycles. The fraction of sp³-hybridized carbons (Fsp3) is 0.125. The Balaban J connectivity index is 1.14. The van der Waals surface area contributed by atoms with Crippen molar-refractivity contribution in [3.05, 3.63) is 131 Å². The van der Waals surface area contributed by atoms with Crippen LogP contribution in [0.5, 0.6) is 11.5 Å². The van der Waals surface area contributed by atoms with Crippen LogP contribution < -0.4 is 20.3 Å². The first-order valence-electron chi connectivity index (χ1n) is 12.8. The Morgan fingerprint density at radius 3 is 1.43 bits per heavy atom. The Morgan fingerprint density at radius 1 is 0.575 bits per heavy atom. The zero-order valence-corrected chi connectivity index (χ0v) is 21.9. The molecule has 2 amide bonds. The van der Waals surface area contributed by atoms with Crippen LogP contribution >= 0.6 is 0 Å². The normalized spacial score (nSPS) is 10.9. The fourth-order valence-corrected chi connectivity index (χ4v) is 3.55. The number of carbonyl (C=O) groups excluding carboxylic acids is 2. The molecule has 0 unspecified atom stereocenters. The predicted octanol–water partition coefficient (Wildman–Crippen LogP) is 5.23. The van der Waals surface area contributed by atoms with E-state index in [-0.39, 0.29) is 24.7 Å². The van der Waals surface area contributed by atoms with Gasteiger partial charge in [-0.15, -0.1) is 0 Å². The molecule has 4 rings (SSSR count). The Morgan fingerprint density at radius 2 is 1.00 bits per heavy atom. The molecule has 0 spiro atoms. The molecule has 0 saturated heterocycles. The minimum Gasteiger partial charge on any atom is -0.489 e. The molecule has 0 heterocycles. The SMILES string of the molecule is O=C(CCC(=O)N/N=C\c1cccc(OCc2ccccc2)c1)N/N=C\c1cccc(OCc2ccccc2)c1. The van der Waals surface area contributed by atoms with Gasteiger partial charge >= 0.3 is 0 Å². The van der Waals surface area contributed by atoms with E-state index in [4.69, 9.17) is 9.47 Å². The van der Waals surface area contributed by atoms with E-state index < -0.39 is 0 Å². The number of carbonyl (C=O) groups is 2. The van der Waals surface area contributed by atoms with Crippen molar-refractivity contribution in [2.45, 2.75) is 26.1 Å². The van der Waals surface area contributed by atoms with Crippen molar-refractivity contribution < 1.29 is 19.1 Å². The van der Waals surface area contributed by atoms with Crippen LogP contribution in [-0.2, 0) is 22.8 Å². The number of hydrogen-bond donors (Lipinski definition) is 2. The van der Waals surface area contributed by atoms with Gasteiger partial charge in [0.05, 0.1) is 12.4 Å². The van der Waals surface area contributed by atoms with E-state index in [1.807, 2.05) is 109 Å². The average molecular weight is 535 g/mol. The van der Waals surface area contributed by atoms with E-state index in [0.717, 1.165) is 22.3 Å². The molecule has 4 aromatic rings. The van der Waals surface area contributed by atoms with E-state index >= 15 is 0 Å². The van der Waals surface area contributed by atoms with Crippen LogP contribution in [0.1, 0.15) is 35.1 Å². The first-order valence-corrected chi connectivity index (χ1v) is 12.8. The zero-order chi connectivity index (χ0) is 27.8.